The number of thiocarbonyl (C=S) groups is 1. The molecule has 0 saturated carbocycles. The molecule has 0 saturated heterocycles. The summed E-state index contributed by atoms with van der Waals surface area (Å²) in [6.45, 7) is 0. The highest BCUT2D eigenvalue weighted by Crippen LogP contribution is 2.29. The van der Waals surface area contributed by atoms with Gasteiger partial charge >= 0.3 is 6.18 Å². The first-order valence-corrected chi connectivity index (χ1v) is 6.09. The maximum absolute atomic E-state index is 12.4. The lowest BCUT2D eigenvalue weighted by atomic mass is 10.2. The Balaban J connectivity index is 1.95. The Morgan fingerprint density at radius 1 is 1.14 bits per heavy atom. The largest absolute Gasteiger partial charge is 0.472 e. The molecule has 4 nitrogen and oxygen atoms in total. The van der Waals surface area contributed by atoms with Gasteiger partial charge in [0, 0.05) is 5.69 Å². The number of halogens is 3. The number of carbonyl (C=O) groups excluding carboxylic acids is 1. The molecule has 0 aliphatic heterocycles. The molecular formula is C13H9F3N2O2S. The van der Waals surface area contributed by atoms with Gasteiger partial charge in [0.2, 0.25) is 0 Å². The Bertz CT molecular complexity index is 636. The number of hydrogen-bond donors (Lipinski definition) is 2. The Morgan fingerprint density at radius 2 is 1.81 bits per heavy atom. The molecule has 0 fully saturated rings. The molecule has 1 heterocycles. The van der Waals surface area contributed by atoms with Gasteiger partial charge in [-0.2, -0.15) is 13.2 Å². The number of benzene rings is 1. The van der Waals surface area contributed by atoms with E-state index in [1.165, 1.54) is 30.7 Å². The van der Waals surface area contributed by atoms with Crippen molar-refractivity contribution in [2.45, 2.75) is 6.18 Å². The third-order valence-electron chi connectivity index (χ3n) is 2.48. The van der Waals surface area contributed by atoms with Crippen molar-refractivity contribution in [2.75, 3.05) is 5.32 Å². The fraction of sp³-hybridized carbons (Fsp3) is 0.0769. The Morgan fingerprint density at radius 3 is 2.33 bits per heavy atom. The minimum Gasteiger partial charge on any atom is -0.472 e. The highest BCUT2D eigenvalue weighted by Gasteiger charge is 2.29. The fourth-order valence-corrected chi connectivity index (χ4v) is 1.68. The Kier molecular flexibility index (Phi) is 4.27. The summed E-state index contributed by atoms with van der Waals surface area (Å²) < 4.78 is 41.9. The number of alkyl halides is 3. The lowest BCUT2D eigenvalue weighted by Gasteiger charge is -2.10. The van der Waals surface area contributed by atoms with E-state index in [1.807, 2.05) is 0 Å². The van der Waals surface area contributed by atoms with E-state index in [4.69, 9.17) is 16.6 Å². The topological polar surface area (TPSA) is 54.3 Å². The van der Waals surface area contributed by atoms with E-state index in [9.17, 15) is 18.0 Å². The van der Waals surface area contributed by atoms with Crippen LogP contribution < -0.4 is 10.6 Å². The second-order valence-corrected chi connectivity index (χ2v) is 4.40. The molecule has 110 valence electrons. The average Bonchev–Trinajstić information content (AvgIpc) is 2.92. The zero-order valence-electron chi connectivity index (χ0n) is 10.4. The molecule has 0 aliphatic rings. The maximum atomic E-state index is 12.4. The summed E-state index contributed by atoms with van der Waals surface area (Å²) in [5.41, 5.74) is -0.145. The third-order valence-corrected chi connectivity index (χ3v) is 2.68. The van der Waals surface area contributed by atoms with E-state index >= 15 is 0 Å². The van der Waals surface area contributed by atoms with Gasteiger partial charge in [-0.15, -0.1) is 0 Å². The molecule has 1 amide bonds. The van der Waals surface area contributed by atoms with Crippen molar-refractivity contribution in [3.63, 3.8) is 0 Å². The van der Waals surface area contributed by atoms with Gasteiger partial charge in [0.15, 0.2) is 5.11 Å². The van der Waals surface area contributed by atoms with Crippen molar-refractivity contribution in [2.24, 2.45) is 0 Å². The minimum absolute atomic E-state index is 0.0269. The van der Waals surface area contributed by atoms with Crippen LogP contribution in [-0.4, -0.2) is 11.0 Å². The smallest absolute Gasteiger partial charge is 0.416 e. The number of amides is 1. The van der Waals surface area contributed by atoms with Crippen LogP contribution in [0.5, 0.6) is 0 Å². The van der Waals surface area contributed by atoms with E-state index in [0.29, 0.717) is 5.69 Å². The predicted molar refractivity (Wildman–Crippen MR) is 73.8 cm³/mol. The molecule has 0 atom stereocenters. The molecular weight excluding hydrogens is 305 g/mol. The number of carbonyl (C=O) groups is 1. The van der Waals surface area contributed by atoms with Gasteiger partial charge in [-0.3, -0.25) is 10.1 Å². The van der Waals surface area contributed by atoms with E-state index in [2.05, 4.69) is 10.6 Å². The van der Waals surface area contributed by atoms with Crippen LogP contribution in [0, 0.1) is 0 Å². The molecule has 0 bridgehead atoms. The molecule has 1 aromatic carbocycles. The van der Waals surface area contributed by atoms with Gasteiger partial charge in [0.05, 0.1) is 17.4 Å². The van der Waals surface area contributed by atoms with Gasteiger partial charge in [-0.1, -0.05) is 0 Å². The molecule has 2 N–H and O–H groups in total. The Hall–Kier alpha value is -2.35. The maximum Gasteiger partial charge on any atom is 0.416 e. The van der Waals surface area contributed by atoms with Crippen molar-refractivity contribution >= 4 is 28.9 Å². The first kappa shape index (κ1) is 15.0. The molecule has 21 heavy (non-hydrogen) atoms. The van der Waals surface area contributed by atoms with E-state index in [1.54, 1.807) is 0 Å². The second-order valence-electron chi connectivity index (χ2n) is 4.00. The number of anilines is 1. The molecule has 0 aliphatic carbocycles. The summed E-state index contributed by atoms with van der Waals surface area (Å²) in [6, 6.07) is 5.74. The molecule has 0 unspecified atom stereocenters. The number of furan rings is 1. The van der Waals surface area contributed by atoms with Crippen LogP contribution in [0.1, 0.15) is 15.9 Å². The molecule has 0 radical (unpaired) electrons. The van der Waals surface area contributed by atoms with E-state index in [0.717, 1.165) is 12.1 Å². The van der Waals surface area contributed by atoms with Crippen LogP contribution in [0.2, 0.25) is 0 Å². The SMILES string of the molecule is O=C(NC(=S)Nc1ccc(C(F)(F)F)cc1)c1ccoc1. The number of rotatable bonds is 2. The van der Waals surface area contributed by atoms with Crippen LogP contribution in [0.3, 0.4) is 0 Å². The summed E-state index contributed by atoms with van der Waals surface area (Å²) in [5, 5.41) is 4.96. The number of hydrogen-bond acceptors (Lipinski definition) is 3. The van der Waals surface area contributed by atoms with Gasteiger partial charge in [-0.05, 0) is 42.5 Å². The predicted octanol–water partition coefficient (Wildman–Crippen LogP) is 3.43. The van der Waals surface area contributed by atoms with Crippen molar-refractivity contribution in [1.29, 1.82) is 0 Å². The van der Waals surface area contributed by atoms with Gasteiger partial charge in [0.25, 0.3) is 5.91 Å². The van der Waals surface area contributed by atoms with Crippen LogP contribution >= 0.6 is 12.2 Å². The molecule has 0 spiro atoms. The summed E-state index contributed by atoms with van der Waals surface area (Å²) in [4.78, 5) is 11.6. The number of nitrogens with one attached hydrogen (secondary N) is 2. The van der Waals surface area contributed by atoms with Crippen LogP contribution in [0.4, 0.5) is 18.9 Å². The standard InChI is InChI=1S/C13H9F3N2O2S/c14-13(15,16)9-1-3-10(4-2-9)17-12(21)18-11(19)8-5-6-20-7-8/h1-7H,(H2,17,18,19,21). The van der Waals surface area contributed by atoms with Gasteiger partial charge in [0.1, 0.15) is 6.26 Å². The van der Waals surface area contributed by atoms with Gasteiger partial charge < -0.3 is 9.73 Å². The lowest BCUT2D eigenvalue weighted by Crippen LogP contribution is -2.33. The van der Waals surface area contributed by atoms with Crippen LogP contribution in [0.15, 0.2) is 47.3 Å². The van der Waals surface area contributed by atoms with Crippen molar-refractivity contribution < 1.29 is 22.4 Å². The van der Waals surface area contributed by atoms with E-state index < -0.39 is 17.6 Å². The summed E-state index contributed by atoms with van der Waals surface area (Å²) >= 11 is 4.90. The highest BCUT2D eigenvalue weighted by atomic mass is 32.1. The van der Waals surface area contributed by atoms with E-state index in [-0.39, 0.29) is 10.7 Å². The molecule has 2 rings (SSSR count). The van der Waals surface area contributed by atoms with Crippen molar-refractivity contribution in [3.8, 4) is 0 Å². The minimum atomic E-state index is -4.39. The first-order chi connectivity index (χ1) is 9.86. The molecule has 8 heteroatoms. The van der Waals surface area contributed by atoms with Crippen molar-refractivity contribution in [3.05, 3.63) is 54.0 Å². The quantitative estimate of drug-likeness (QED) is 0.834. The summed E-state index contributed by atoms with van der Waals surface area (Å²) in [7, 11) is 0. The zero-order valence-corrected chi connectivity index (χ0v) is 11.2. The molecule has 1 aromatic heterocycles. The van der Waals surface area contributed by atoms with Gasteiger partial charge in [-0.25, -0.2) is 0 Å². The van der Waals surface area contributed by atoms with Crippen molar-refractivity contribution in [1.82, 2.24) is 5.32 Å². The lowest BCUT2D eigenvalue weighted by molar-refractivity contribution is -0.137. The summed E-state index contributed by atoms with van der Waals surface area (Å²) in [5.74, 6) is -0.479. The summed E-state index contributed by atoms with van der Waals surface area (Å²) in [6.07, 6.45) is -1.81. The highest BCUT2D eigenvalue weighted by molar-refractivity contribution is 7.80. The normalized spacial score (nSPS) is 11.0. The second kappa shape index (κ2) is 5.96. The zero-order chi connectivity index (χ0) is 15.5. The molecule has 2 aromatic rings. The third kappa shape index (κ3) is 4.06. The fourth-order valence-electron chi connectivity index (χ4n) is 1.47. The van der Waals surface area contributed by atoms with Crippen LogP contribution in [0.25, 0.3) is 0 Å². The Labute approximate surface area is 122 Å². The monoisotopic (exact) mass is 314 g/mol. The average molecular weight is 314 g/mol. The first-order valence-electron chi connectivity index (χ1n) is 5.68. The van der Waals surface area contributed by atoms with Crippen LogP contribution in [-0.2, 0) is 6.18 Å².